The molecule has 1 aliphatic rings. The second kappa shape index (κ2) is 10.1. The second-order valence-electron chi connectivity index (χ2n) is 8.72. The number of hydrogen-bond donors (Lipinski definition) is 2. The molecule has 5 rings (SSSR count). The zero-order valence-electron chi connectivity index (χ0n) is 19.7. The lowest BCUT2D eigenvalue weighted by molar-refractivity contribution is -0.111. The molecule has 4 aromatic rings. The van der Waals surface area contributed by atoms with E-state index in [1.54, 1.807) is 18.2 Å². The van der Waals surface area contributed by atoms with E-state index in [1.807, 2.05) is 12.1 Å². The summed E-state index contributed by atoms with van der Waals surface area (Å²) in [7, 11) is 2.17. The lowest BCUT2D eigenvalue weighted by atomic mass is 10.1. The standard InChI is InChI=1S/C27H28N6O2/c1-3-25(34)30-21-5-4-6-22(15-21)35-27-23-16-24(31-26(23)28-18-29-27)20-9-7-19(8-10-20)17-33-13-11-32(2)12-14-33/h3-10,15-16,18H,1,11-14,17H2,2H3,(H,30,34)(H,28,29,31). The summed E-state index contributed by atoms with van der Waals surface area (Å²) in [4.78, 5) is 28.5. The third kappa shape index (κ3) is 5.40. The SMILES string of the molecule is C=CC(=O)Nc1cccc(Oc2ncnc3[nH]c(-c4ccc(CN5CCN(C)CC5)cc4)cc23)c1. The molecule has 1 aliphatic heterocycles. The van der Waals surface area contributed by atoms with E-state index in [-0.39, 0.29) is 5.91 Å². The summed E-state index contributed by atoms with van der Waals surface area (Å²) in [5.74, 6) is 0.718. The highest BCUT2D eigenvalue weighted by Crippen LogP contribution is 2.31. The van der Waals surface area contributed by atoms with Crippen molar-refractivity contribution in [2.24, 2.45) is 0 Å². The van der Waals surface area contributed by atoms with Crippen LogP contribution in [0.3, 0.4) is 0 Å². The summed E-state index contributed by atoms with van der Waals surface area (Å²) in [5.41, 5.74) is 4.64. The molecule has 2 aromatic carbocycles. The fourth-order valence-corrected chi connectivity index (χ4v) is 4.15. The molecule has 0 aliphatic carbocycles. The van der Waals surface area contributed by atoms with Gasteiger partial charge in [0.05, 0.1) is 5.39 Å². The van der Waals surface area contributed by atoms with E-state index >= 15 is 0 Å². The van der Waals surface area contributed by atoms with Crippen LogP contribution in [0.15, 0.2) is 73.6 Å². The molecule has 2 N–H and O–H groups in total. The van der Waals surface area contributed by atoms with E-state index in [4.69, 9.17) is 4.74 Å². The number of amides is 1. The highest BCUT2D eigenvalue weighted by Gasteiger charge is 2.15. The summed E-state index contributed by atoms with van der Waals surface area (Å²) in [6.07, 6.45) is 2.70. The smallest absolute Gasteiger partial charge is 0.247 e. The number of nitrogens with one attached hydrogen (secondary N) is 2. The number of nitrogens with zero attached hydrogens (tertiary/aromatic N) is 4. The number of likely N-dealkylation sites (N-methyl/N-ethyl adjacent to an activating group) is 1. The Bertz CT molecular complexity index is 1340. The van der Waals surface area contributed by atoms with Crippen LogP contribution in [0.5, 0.6) is 11.6 Å². The number of benzene rings is 2. The first-order chi connectivity index (χ1) is 17.1. The van der Waals surface area contributed by atoms with Crippen LogP contribution in [0.2, 0.25) is 0 Å². The summed E-state index contributed by atoms with van der Waals surface area (Å²) >= 11 is 0. The third-order valence-corrected chi connectivity index (χ3v) is 6.16. The molecule has 178 valence electrons. The molecule has 0 unspecified atom stereocenters. The molecule has 0 spiro atoms. The zero-order chi connectivity index (χ0) is 24.2. The number of H-pyrrole nitrogens is 1. The van der Waals surface area contributed by atoms with Crippen molar-refractivity contribution >= 4 is 22.6 Å². The van der Waals surface area contributed by atoms with Gasteiger partial charge in [-0.2, -0.15) is 0 Å². The van der Waals surface area contributed by atoms with Gasteiger partial charge in [-0.1, -0.05) is 36.9 Å². The summed E-state index contributed by atoms with van der Waals surface area (Å²) in [5, 5.41) is 3.51. The molecule has 0 bridgehead atoms. The van der Waals surface area contributed by atoms with E-state index < -0.39 is 0 Å². The van der Waals surface area contributed by atoms with Gasteiger partial charge in [-0.15, -0.1) is 0 Å². The molecule has 1 amide bonds. The number of anilines is 1. The highest BCUT2D eigenvalue weighted by atomic mass is 16.5. The average molecular weight is 469 g/mol. The van der Waals surface area contributed by atoms with Gasteiger partial charge < -0.3 is 19.9 Å². The van der Waals surface area contributed by atoms with Crippen LogP contribution in [0.1, 0.15) is 5.56 Å². The van der Waals surface area contributed by atoms with Crippen LogP contribution in [-0.4, -0.2) is 63.9 Å². The number of aromatic amines is 1. The summed E-state index contributed by atoms with van der Waals surface area (Å²) in [6, 6.07) is 17.8. The Labute approximate surface area is 204 Å². The third-order valence-electron chi connectivity index (χ3n) is 6.16. The van der Waals surface area contributed by atoms with E-state index in [9.17, 15) is 4.79 Å². The van der Waals surface area contributed by atoms with Crippen molar-refractivity contribution in [3.8, 4) is 22.9 Å². The number of piperazine rings is 1. The molecule has 3 heterocycles. The summed E-state index contributed by atoms with van der Waals surface area (Å²) < 4.78 is 6.05. The Hall–Kier alpha value is -4.01. The van der Waals surface area contributed by atoms with Crippen LogP contribution in [-0.2, 0) is 11.3 Å². The topological polar surface area (TPSA) is 86.4 Å². The van der Waals surface area contributed by atoms with Gasteiger partial charge in [0.15, 0.2) is 0 Å². The molecule has 1 saturated heterocycles. The minimum atomic E-state index is -0.281. The van der Waals surface area contributed by atoms with Crippen LogP contribution < -0.4 is 10.1 Å². The number of aromatic nitrogens is 3. The van der Waals surface area contributed by atoms with Crippen molar-refractivity contribution in [1.29, 1.82) is 0 Å². The van der Waals surface area contributed by atoms with Crippen molar-refractivity contribution in [2.45, 2.75) is 6.54 Å². The van der Waals surface area contributed by atoms with Crippen LogP contribution in [0.4, 0.5) is 5.69 Å². The van der Waals surface area contributed by atoms with Crippen molar-refractivity contribution < 1.29 is 9.53 Å². The minimum Gasteiger partial charge on any atom is -0.438 e. The van der Waals surface area contributed by atoms with E-state index in [0.717, 1.165) is 49.4 Å². The first kappa shape index (κ1) is 22.8. The molecule has 0 atom stereocenters. The van der Waals surface area contributed by atoms with Crippen molar-refractivity contribution in [3.63, 3.8) is 0 Å². The molecule has 8 nitrogen and oxygen atoms in total. The molecule has 35 heavy (non-hydrogen) atoms. The predicted octanol–water partition coefficient (Wildman–Crippen LogP) is 4.29. The first-order valence-electron chi connectivity index (χ1n) is 11.6. The van der Waals surface area contributed by atoms with E-state index in [0.29, 0.717) is 23.0 Å². The van der Waals surface area contributed by atoms with Gasteiger partial charge in [0.1, 0.15) is 17.7 Å². The van der Waals surface area contributed by atoms with Crippen molar-refractivity contribution in [3.05, 3.63) is 79.1 Å². The largest absolute Gasteiger partial charge is 0.438 e. The quantitative estimate of drug-likeness (QED) is 0.394. The normalized spacial score (nSPS) is 14.7. The Morgan fingerprint density at radius 1 is 1.11 bits per heavy atom. The maximum absolute atomic E-state index is 11.6. The summed E-state index contributed by atoms with van der Waals surface area (Å²) in [6.45, 7) is 8.88. The maximum atomic E-state index is 11.6. The Morgan fingerprint density at radius 2 is 1.91 bits per heavy atom. The van der Waals surface area contributed by atoms with Crippen molar-refractivity contribution in [2.75, 3.05) is 38.5 Å². The molecule has 0 radical (unpaired) electrons. The van der Waals surface area contributed by atoms with Gasteiger partial charge in [-0.25, -0.2) is 9.97 Å². The number of ether oxygens (including phenoxy) is 1. The maximum Gasteiger partial charge on any atom is 0.247 e. The number of fused-ring (bicyclic) bond motifs is 1. The number of carbonyl (C=O) groups is 1. The molecule has 1 fully saturated rings. The van der Waals surface area contributed by atoms with E-state index in [1.165, 1.54) is 18.0 Å². The van der Waals surface area contributed by atoms with Crippen LogP contribution in [0, 0.1) is 0 Å². The van der Waals surface area contributed by atoms with E-state index in [2.05, 4.69) is 68.0 Å². The Balaban J connectivity index is 1.33. The molecule has 2 aromatic heterocycles. The van der Waals surface area contributed by atoms with Gasteiger partial charge in [-0.3, -0.25) is 9.69 Å². The second-order valence-corrected chi connectivity index (χ2v) is 8.72. The van der Waals surface area contributed by atoms with Gasteiger partial charge in [-0.05, 0) is 42.4 Å². The average Bonchev–Trinajstić information content (AvgIpc) is 3.32. The number of carbonyl (C=O) groups excluding carboxylic acids is 1. The molecule has 8 heteroatoms. The number of hydrogen-bond acceptors (Lipinski definition) is 6. The van der Waals surface area contributed by atoms with Gasteiger partial charge >= 0.3 is 0 Å². The molecular weight excluding hydrogens is 440 g/mol. The molecule has 0 saturated carbocycles. The fraction of sp³-hybridized carbons (Fsp3) is 0.222. The van der Waals surface area contributed by atoms with Crippen LogP contribution >= 0.6 is 0 Å². The monoisotopic (exact) mass is 468 g/mol. The lowest BCUT2D eigenvalue weighted by Crippen LogP contribution is -2.43. The minimum absolute atomic E-state index is 0.281. The fourth-order valence-electron chi connectivity index (χ4n) is 4.15. The van der Waals surface area contributed by atoms with Gasteiger partial charge in [0, 0.05) is 50.2 Å². The first-order valence-corrected chi connectivity index (χ1v) is 11.6. The van der Waals surface area contributed by atoms with Gasteiger partial charge in [0.25, 0.3) is 0 Å². The van der Waals surface area contributed by atoms with Crippen molar-refractivity contribution in [1.82, 2.24) is 24.8 Å². The van der Waals surface area contributed by atoms with Crippen LogP contribution in [0.25, 0.3) is 22.3 Å². The Kier molecular flexibility index (Phi) is 6.56. The highest BCUT2D eigenvalue weighted by molar-refractivity contribution is 5.99. The lowest BCUT2D eigenvalue weighted by Gasteiger charge is -2.32. The predicted molar refractivity (Wildman–Crippen MR) is 137 cm³/mol. The Morgan fingerprint density at radius 3 is 2.69 bits per heavy atom. The molecular formula is C27H28N6O2. The van der Waals surface area contributed by atoms with Gasteiger partial charge in [0.2, 0.25) is 11.8 Å². The number of rotatable bonds is 7. The zero-order valence-corrected chi connectivity index (χ0v) is 19.7.